The van der Waals surface area contributed by atoms with E-state index in [1.807, 2.05) is 0 Å². The van der Waals surface area contributed by atoms with Gasteiger partial charge >= 0.3 is 0 Å². The van der Waals surface area contributed by atoms with Gasteiger partial charge < -0.3 is 19.9 Å². The maximum atomic E-state index is 13.8. The second kappa shape index (κ2) is 8.90. The first-order valence-electron chi connectivity index (χ1n) is 12.1. The molecule has 0 spiro atoms. The van der Waals surface area contributed by atoms with Gasteiger partial charge in [0.2, 0.25) is 5.91 Å². The lowest BCUT2D eigenvalue weighted by Crippen LogP contribution is -2.62. The lowest BCUT2D eigenvalue weighted by atomic mass is 9.60. The highest BCUT2D eigenvalue weighted by Gasteiger charge is 2.53. The van der Waals surface area contributed by atoms with Crippen LogP contribution in [-0.4, -0.2) is 72.3 Å². The Morgan fingerprint density at radius 2 is 1.97 bits per heavy atom. The third-order valence-corrected chi connectivity index (χ3v) is 8.17. The average Bonchev–Trinajstić information content (AvgIpc) is 3.32. The molecule has 4 fully saturated rings. The van der Waals surface area contributed by atoms with Crippen molar-refractivity contribution < 1.29 is 9.53 Å². The van der Waals surface area contributed by atoms with Crippen LogP contribution in [0, 0.1) is 11.3 Å². The fourth-order valence-electron chi connectivity index (χ4n) is 6.40. The SMILES string of the molecule is O=C(NC1CCCC1)[C@@]12CC[C@H](N3CCOCC3)C[C@H]1CCN(c1cc(=O)[nH]cn1)C2. The van der Waals surface area contributed by atoms with Gasteiger partial charge in [-0.15, -0.1) is 0 Å². The zero-order valence-corrected chi connectivity index (χ0v) is 18.4. The predicted octanol–water partition coefficient (Wildman–Crippen LogP) is 1.53. The van der Waals surface area contributed by atoms with E-state index in [4.69, 9.17) is 4.74 Å². The molecule has 1 amide bonds. The van der Waals surface area contributed by atoms with E-state index in [1.165, 1.54) is 19.2 Å². The van der Waals surface area contributed by atoms with Crippen LogP contribution >= 0.6 is 0 Å². The first-order valence-corrected chi connectivity index (χ1v) is 12.1. The van der Waals surface area contributed by atoms with Crippen LogP contribution < -0.4 is 15.8 Å². The van der Waals surface area contributed by atoms with E-state index in [9.17, 15) is 9.59 Å². The molecule has 0 radical (unpaired) electrons. The third kappa shape index (κ3) is 4.24. The number of hydrogen-bond acceptors (Lipinski definition) is 6. The minimum atomic E-state index is -0.395. The highest BCUT2D eigenvalue weighted by Crippen LogP contribution is 2.48. The molecular formula is C23H35N5O3. The number of aromatic nitrogens is 2. The molecule has 1 aromatic rings. The van der Waals surface area contributed by atoms with Crippen molar-refractivity contribution in [2.45, 2.75) is 63.5 Å². The normalized spacial score (nSPS) is 32.6. The number of H-pyrrole nitrogens is 1. The van der Waals surface area contributed by atoms with Crippen molar-refractivity contribution in [2.75, 3.05) is 44.3 Å². The Morgan fingerprint density at radius 1 is 1.16 bits per heavy atom. The number of nitrogens with one attached hydrogen (secondary N) is 2. The van der Waals surface area contributed by atoms with Crippen LogP contribution in [0.1, 0.15) is 51.4 Å². The van der Waals surface area contributed by atoms with Gasteiger partial charge in [0.05, 0.1) is 25.0 Å². The Kier molecular flexibility index (Phi) is 6.01. The number of rotatable bonds is 4. The number of hydrogen-bond donors (Lipinski definition) is 2. The molecule has 2 aliphatic carbocycles. The summed E-state index contributed by atoms with van der Waals surface area (Å²) in [5.74, 6) is 1.29. The Labute approximate surface area is 183 Å². The van der Waals surface area contributed by atoms with Crippen molar-refractivity contribution in [3.63, 3.8) is 0 Å². The second-order valence-corrected chi connectivity index (χ2v) is 9.86. The Morgan fingerprint density at radius 3 is 2.74 bits per heavy atom. The average molecular weight is 430 g/mol. The van der Waals surface area contributed by atoms with Crippen LogP contribution in [0.2, 0.25) is 0 Å². The fraction of sp³-hybridized carbons (Fsp3) is 0.783. The summed E-state index contributed by atoms with van der Waals surface area (Å²) < 4.78 is 5.55. The van der Waals surface area contributed by atoms with Crippen LogP contribution in [0.5, 0.6) is 0 Å². The Hall–Kier alpha value is -1.93. The Bertz CT molecular complexity index is 833. The van der Waals surface area contributed by atoms with Gasteiger partial charge in [0, 0.05) is 44.3 Å². The van der Waals surface area contributed by atoms with Gasteiger partial charge in [-0.2, -0.15) is 0 Å². The van der Waals surface area contributed by atoms with Gasteiger partial charge in [-0.3, -0.25) is 14.5 Å². The van der Waals surface area contributed by atoms with E-state index in [0.717, 1.165) is 71.4 Å². The molecule has 2 saturated heterocycles. The summed E-state index contributed by atoms with van der Waals surface area (Å²) >= 11 is 0. The van der Waals surface area contributed by atoms with Crippen molar-refractivity contribution >= 4 is 11.7 Å². The van der Waals surface area contributed by atoms with Crippen molar-refractivity contribution in [3.05, 3.63) is 22.7 Å². The number of anilines is 1. The van der Waals surface area contributed by atoms with Gasteiger partial charge in [0.25, 0.3) is 5.56 Å². The molecule has 3 heterocycles. The van der Waals surface area contributed by atoms with Gasteiger partial charge in [0.15, 0.2) is 0 Å². The second-order valence-electron chi connectivity index (χ2n) is 9.86. The van der Waals surface area contributed by atoms with Crippen LogP contribution in [0.15, 0.2) is 17.2 Å². The van der Waals surface area contributed by atoms with Gasteiger partial charge in [-0.25, -0.2) is 4.98 Å². The standard InChI is InChI=1S/C23H35N5O3/c29-21-14-20(24-16-25-21)28-8-6-17-13-19(27-9-11-31-12-10-27)5-7-23(17,15-28)22(30)26-18-3-1-2-4-18/h14,16-19H,1-13,15H2,(H,26,30)(H,24,25,29)/t17-,19+,23-/m1/s1. The molecule has 0 aromatic carbocycles. The lowest BCUT2D eigenvalue weighted by Gasteiger charge is -2.53. The number of amides is 1. The number of morpholine rings is 1. The zero-order chi connectivity index (χ0) is 21.3. The number of aromatic amines is 1. The van der Waals surface area contributed by atoms with Crippen LogP contribution in [0.4, 0.5) is 5.82 Å². The lowest BCUT2D eigenvalue weighted by molar-refractivity contribution is -0.140. The number of fused-ring (bicyclic) bond motifs is 1. The third-order valence-electron chi connectivity index (χ3n) is 8.17. The number of carbonyl (C=O) groups is 1. The van der Waals surface area contributed by atoms with Crippen molar-refractivity contribution in [2.24, 2.45) is 11.3 Å². The summed E-state index contributed by atoms with van der Waals surface area (Å²) in [5.41, 5.74) is -0.541. The summed E-state index contributed by atoms with van der Waals surface area (Å²) in [6, 6.07) is 2.43. The highest BCUT2D eigenvalue weighted by atomic mass is 16.5. The molecule has 2 saturated carbocycles. The fourth-order valence-corrected chi connectivity index (χ4v) is 6.40. The van der Waals surface area contributed by atoms with Gasteiger partial charge in [0.1, 0.15) is 5.82 Å². The summed E-state index contributed by atoms with van der Waals surface area (Å²) in [4.78, 5) is 37.4. The largest absolute Gasteiger partial charge is 0.379 e. The minimum absolute atomic E-state index is 0.146. The summed E-state index contributed by atoms with van der Waals surface area (Å²) in [6.07, 6.45) is 10.1. The molecule has 4 aliphatic rings. The molecule has 1 aromatic heterocycles. The topological polar surface area (TPSA) is 90.6 Å². The summed E-state index contributed by atoms with van der Waals surface area (Å²) in [7, 11) is 0. The molecule has 5 rings (SSSR count). The number of carbonyl (C=O) groups excluding carboxylic acids is 1. The molecule has 170 valence electrons. The first-order chi connectivity index (χ1) is 15.1. The highest BCUT2D eigenvalue weighted by molar-refractivity contribution is 5.84. The maximum Gasteiger partial charge on any atom is 0.252 e. The summed E-state index contributed by atoms with van der Waals surface area (Å²) in [6.45, 7) is 5.13. The molecule has 0 bridgehead atoms. The molecule has 8 heteroatoms. The zero-order valence-electron chi connectivity index (χ0n) is 18.4. The van der Waals surface area contributed by atoms with E-state index in [1.54, 1.807) is 6.07 Å². The van der Waals surface area contributed by atoms with Crippen LogP contribution in [0.3, 0.4) is 0 Å². The first kappa shape index (κ1) is 20.9. The predicted molar refractivity (Wildman–Crippen MR) is 118 cm³/mol. The quantitative estimate of drug-likeness (QED) is 0.754. The molecule has 2 aliphatic heterocycles. The van der Waals surface area contributed by atoms with Crippen molar-refractivity contribution in [3.8, 4) is 0 Å². The molecule has 31 heavy (non-hydrogen) atoms. The monoisotopic (exact) mass is 429 g/mol. The van der Waals surface area contributed by atoms with E-state index >= 15 is 0 Å². The van der Waals surface area contributed by atoms with E-state index < -0.39 is 5.41 Å². The maximum absolute atomic E-state index is 13.8. The van der Waals surface area contributed by atoms with Gasteiger partial charge in [-0.05, 0) is 44.4 Å². The number of piperidine rings is 1. The van der Waals surface area contributed by atoms with Gasteiger partial charge in [-0.1, -0.05) is 12.8 Å². The van der Waals surface area contributed by atoms with Crippen molar-refractivity contribution in [1.82, 2.24) is 20.2 Å². The molecule has 3 atom stereocenters. The minimum Gasteiger partial charge on any atom is -0.379 e. The molecule has 8 nitrogen and oxygen atoms in total. The molecular weight excluding hydrogens is 394 g/mol. The van der Waals surface area contributed by atoms with E-state index in [-0.39, 0.29) is 11.5 Å². The molecule has 2 N–H and O–H groups in total. The summed E-state index contributed by atoms with van der Waals surface area (Å²) in [5, 5.41) is 3.43. The number of ether oxygens (including phenoxy) is 1. The van der Waals surface area contributed by atoms with E-state index in [2.05, 4.69) is 25.1 Å². The van der Waals surface area contributed by atoms with Crippen molar-refractivity contribution in [1.29, 1.82) is 0 Å². The molecule has 0 unspecified atom stereocenters. The van der Waals surface area contributed by atoms with Crippen LogP contribution in [-0.2, 0) is 9.53 Å². The Balaban J connectivity index is 1.37. The van der Waals surface area contributed by atoms with E-state index in [0.29, 0.717) is 30.4 Å². The smallest absolute Gasteiger partial charge is 0.252 e. The number of nitrogens with zero attached hydrogens (tertiary/aromatic N) is 3. The van der Waals surface area contributed by atoms with Crippen LogP contribution in [0.25, 0.3) is 0 Å².